The molecule has 2 nitrogen and oxygen atoms in total. The Hall–Kier alpha value is -0.790. The Balaban J connectivity index is 1.82. The zero-order valence-electron chi connectivity index (χ0n) is 18.9. The highest BCUT2D eigenvalue weighted by molar-refractivity contribution is 4.88. The molecule has 0 aliphatic carbocycles. The normalized spacial score (nSPS) is 12.6. The van der Waals surface area contributed by atoms with Crippen molar-refractivity contribution in [2.45, 2.75) is 135 Å². The van der Waals surface area contributed by atoms with Gasteiger partial charge < -0.3 is 0 Å². The maximum absolute atomic E-state index is 3.42. The highest BCUT2D eigenvalue weighted by Crippen LogP contribution is 2.22. The molecule has 0 unspecified atom stereocenters. The second-order valence-corrected chi connectivity index (χ2v) is 8.65. The van der Waals surface area contributed by atoms with Crippen molar-refractivity contribution in [1.82, 2.24) is 4.98 Å². The van der Waals surface area contributed by atoms with Gasteiger partial charge in [0.15, 0.2) is 0 Å². The summed E-state index contributed by atoms with van der Waals surface area (Å²) in [5, 5.41) is 0. The van der Waals surface area contributed by atoms with Gasteiger partial charge in [-0.3, -0.25) is 0 Å². The number of hydrogen-bond acceptors (Lipinski definition) is 0. The molecule has 158 valence electrons. The third-order valence-electron chi connectivity index (χ3n) is 6.19. The monoisotopic (exact) mass is 377 g/mol. The smallest absolute Gasteiger partial charge is 0.247 e. The lowest BCUT2D eigenvalue weighted by Gasteiger charge is -2.10. The predicted octanol–water partition coefficient (Wildman–Crippen LogP) is 7.98. The predicted molar refractivity (Wildman–Crippen MR) is 119 cm³/mol. The van der Waals surface area contributed by atoms with Crippen molar-refractivity contribution in [2.75, 3.05) is 0 Å². The minimum atomic E-state index is 0.705. The lowest BCUT2D eigenvalue weighted by atomic mass is 9.97. The molecule has 0 bridgehead atoms. The molecular weight excluding hydrogens is 328 g/mol. The Morgan fingerprint density at radius 1 is 0.704 bits per heavy atom. The molecule has 1 rings (SSSR count). The average Bonchev–Trinajstić information content (AvgIpc) is 3.10. The molecule has 2 heteroatoms. The third-order valence-corrected chi connectivity index (χ3v) is 6.19. The van der Waals surface area contributed by atoms with Crippen LogP contribution in [0.4, 0.5) is 0 Å². The second-order valence-electron chi connectivity index (χ2n) is 8.65. The highest BCUT2D eigenvalue weighted by atomic mass is 15.0. The molecule has 0 aliphatic heterocycles. The van der Waals surface area contributed by atoms with Crippen LogP contribution >= 0.6 is 0 Å². The van der Waals surface area contributed by atoms with Crippen molar-refractivity contribution in [3.05, 3.63) is 18.2 Å². The molecule has 0 amide bonds. The maximum Gasteiger partial charge on any atom is 0.257 e. The van der Waals surface area contributed by atoms with E-state index in [4.69, 9.17) is 0 Å². The number of nitrogens with zero attached hydrogens (tertiary/aromatic N) is 1. The van der Waals surface area contributed by atoms with E-state index >= 15 is 0 Å². The van der Waals surface area contributed by atoms with Crippen molar-refractivity contribution in [3.63, 3.8) is 0 Å². The summed E-state index contributed by atoms with van der Waals surface area (Å²) in [7, 11) is 2.15. The minimum absolute atomic E-state index is 0.705. The number of hydrogen-bond donors (Lipinski definition) is 1. The van der Waals surface area contributed by atoms with Crippen molar-refractivity contribution < 1.29 is 4.57 Å². The first-order valence-corrected chi connectivity index (χ1v) is 12.3. The van der Waals surface area contributed by atoms with Crippen LogP contribution in [0.15, 0.2) is 12.4 Å². The number of rotatable bonds is 19. The van der Waals surface area contributed by atoms with Crippen LogP contribution in [0.1, 0.15) is 141 Å². The summed E-state index contributed by atoms with van der Waals surface area (Å²) in [4.78, 5) is 3.42. The van der Waals surface area contributed by atoms with Gasteiger partial charge in [0.2, 0.25) is 0 Å². The zero-order chi connectivity index (χ0) is 19.6. The Labute approximate surface area is 170 Å². The van der Waals surface area contributed by atoms with E-state index in [0.29, 0.717) is 5.92 Å². The van der Waals surface area contributed by atoms with Gasteiger partial charge in [0.1, 0.15) is 12.4 Å². The highest BCUT2D eigenvalue weighted by Gasteiger charge is 2.18. The summed E-state index contributed by atoms with van der Waals surface area (Å²) >= 11 is 0. The Morgan fingerprint density at radius 3 is 1.52 bits per heavy atom. The van der Waals surface area contributed by atoms with Gasteiger partial charge in [-0.15, -0.1) is 0 Å². The van der Waals surface area contributed by atoms with Gasteiger partial charge in [0, 0.05) is 0 Å². The molecule has 1 aromatic heterocycles. The number of aromatic nitrogens is 2. The first-order chi connectivity index (χ1) is 13.3. The van der Waals surface area contributed by atoms with Crippen molar-refractivity contribution in [1.29, 1.82) is 0 Å². The number of aromatic amines is 1. The number of imidazole rings is 1. The lowest BCUT2D eigenvalue weighted by molar-refractivity contribution is -0.679. The van der Waals surface area contributed by atoms with E-state index in [1.165, 1.54) is 121 Å². The number of unbranched alkanes of at least 4 members (excludes halogenated alkanes) is 15. The summed E-state index contributed by atoms with van der Waals surface area (Å²) in [5.74, 6) is 2.11. The van der Waals surface area contributed by atoms with Crippen molar-refractivity contribution in [3.8, 4) is 0 Å². The fraction of sp³-hybridized carbons (Fsp3) is 0.880. The van der Waals surface area contributed by atoms with Gasteiger partial charge >= 0.3 is 0 Å². The van der Waals surface area contributed by atoms with Crippen LogP contribution in [-0.4, -0.2) is 4.98 Å². The molecule has 1 aromatic rings. The zero-order valence-corrected chi connectivity index (χ0v) is 18.9. The van der Waals surface area contributed by atoms with Crippen LogP contribution < -0.4 is 4.57 Å². The second kappa shape index (κ2) is 17.3. The molecule has 0 radical (unpaired) electrons. The van der Waals surface area contributed by atoms with Crippen LogP contribution in [0.25, 0.3) is 0 Å². The molecule has 1 atom stereocenters. The first kappa shape index (κ1) is 24.2. The number of H-pyrrole nitrogens is 1. The van der Waals surface area contributed by atoms with Crippen LogP contribution in [-0.2, 0) is 7.05 Å². The SMILES string of the molecule is CCCCCCCCCCCCCCCCCC[C@H](CC)c1[nH]cc[n+]1C. The number of aryl methyl sites for hydroxylation is 1. The van der Waals surface area contributed by atoms with E-state index < -0.39 is 0 Å². The van der Waals surface area contributed by atoms with Crippen LogP contribution in [0.2, 0.25) is 0 Å². The molecular formula is C25H49N2+. The van der Waals surface area contributed by atoms with Gasteiger partial charge in [-0.1, -0.05) is 117 Å². The third kappa shape index (κ3) is 12.3. The number of nitrogens with one attached hydrogen (secondary N) is 1. The van der Waals surface area contributed by atoms with Crippen LogP contribution in [0, 0.1) is 0 Å². The fourth-order valence-electron chi connectivity index (χ4n) is 4.30. The van der Waals surface area contributed by atoms with Gasteiger partial charge in [-0.05, 0) is 12.8 Å². The quantitative estimate of drug-likeness (QED) is 0.186. The van der Waals surface area contributed by atoms with Crippen LogP contribution in [0.5, 0.6) is 0 Å². The largest absolute Gasteiger partial charge is 0.257 e. The van der Waals surface area contributed by atoms with E-state index in [2.05, 4.69) is 42.8 Å². The van der Waals surface area contributed by atoms with Gasteiger partial charge in [-0.2, -0.15) is 0 Å². The molecule has 0 fully saturated rings. The van der Waals surface area contributed by atoms with E-state index in [0.717, 1.165) is 0 Å². The molecule has 0 spiro atoms. The van der Waals surface area contributed by atoms with E-state index in [9.17, 15) is 0 Å². The summed E-state index contributed by atoms with van der Waals surface area (Å²) in [6, 6.07) is 0. The summed E-state index contributed by atoms with van der Waals surface area (Å²) < 4.78 is 2.25. The average molecular weight is 378 g/mol. The van der Waals surface area contributed by atoms with Crippen molar-refractivity contribution >= 4 is 0 Å². The Morgan fingerprint density at radius 2 is 1.15 bits per heavy atom. The molecule has 1 N–H and O–H groups in total. The molecule has 27 heavy (non-hydrogen) atoms. The lowest BCUT2D eigenvalue weighted by Crippen LogP contribution is -2.32. The molecule has 1 heterocycles. The summed E-state index contributed by atoms with van der Waals surface area (Å²) in [6.45, 7) is 4.62. The molecule has 0 aliphatic rings. The van der Waals surface area contributed by atoms with Crippen LogP contribution in [0.3, 0.4) is 0 Å². The fourth-order valence-corrected chi connectivity index (χ4v) is 4.30. The maximum atomic E-state index is 3.42. The molecule has 0 saturated carbocycles. The first-order valence-electron chi connectivity index (χ1n) is 12.3. The molecule has 0 saturated heterocycles. The Kier molecular flexibility index (Phi) is 15.6. The van der Waals surface area contributed by atoms with Crippen molar-refractivity contribution in [2.24, 2.45) is 7.05 Å². The topological polar surface area (TPSA) is 19.7 Å². The Bertz CT molecular complexity index is 424. The summed E-state index contributed by atoms with van der Waals surface area (Å²) in [6.07, 6.45) is 29.9. The van der Waals surface area contributed by atoms with Gasteiger partial charge in [-0.25, -0.2) is 9.55 Å². The van der Waals surface area contributed by atoms with E-state index in [-0.39, 0.29) is 0 Å². The van der Waals surface area contributed by atoms with E-state index in [1.54, 1.807) is 0 Å². The van der Waals surface area contributed by atoms with Gasteiger partial charge in [0.25, 0.3) is 5.82 Å². The molecule has 0 aromatic carbocycles. The minimum Gasteiger partial charge on any atom is -0.247 e. The standard InChI is InChI=1S/C25H48N2/c1-4-6-7-8-9-10-11-12-13-14-15-16-17-18-19-20-21-24(5-2)25-26-22-23-27(25)3/h22-24H,4-21H2,1-3H3/p+1/t24-/m0/s1. The summed E-state index contributed by atoms with van der Waals surface area (Å²) in [5.41, 5.74) is 0. The van der Waals surface area contributed by atoms with Gasteiger partial charge in [0.05, 0.1) is 13.0 Å². The van der Waals surface area contributed by atoms with E-state index in [1.807, 2.05) is 0 Å².